The van der Waals surface area contributed by atoms with Crippen LogP contribution in [-0.2, 0) is 0 Å². The Hall–Kier alpha value is -1.36. The van der Waals surface area contributed by atoms with Crippen molar-refractivity contribution < 1.29 is 9.47 Å². The van der Waals surface area contributed by atoms with Gasteiger partial charge in [-0.25, -0.2) is 4.98 Å². The van der Waals surface area contributed by atoms with Crippen molar-refractivity contribution in [1.82, 2.24) is 15.3 Å². The zero-order valence-electron chi connectivity index (χ0n) is 9.48. The molecule has 1 atom stereocenters. The molecule has 1 aromatic heterocycles. The first-order valence-corrected chi connectivity index (χ1v) is 5.71. The number of nitrogens with zero attached hydrogens (tertiary/aromatic N) is 2. The van der Waals surface area contributed by atoms with Gasteiger partial charge in [0.1, 0.15) is 6.10 Å². The van der Waals surface area contributed by atoms with Crippen molar-refractivity contribution in [2.75, 3.05) is 19.7 Å². The average molecular weight is 223 g/mol. The monoisotopic (exact) mass is 223 g/mol. The van der Waals surface area contributed by atoms with Gasteiger partial charge in [0, 0.05) is 18.8 Å². The van der Waals surface area contributed by atoms with Crippen molar-refractivity contribution in [2.45, 2.75) is 25.9 Å². The second-order valence-corrected chi connectivity index (χ2v) is 3.70. The molecule has 1 N–H and O–H groups in total. The molecule has 1 unspecified atom stereocenters. The third kappa shape index (κ3) is 3.06. The SMILES string of the molecule is CCOc1ccnc(OC2CCCNC2)n1. The Balaban J connectivity index is 1.94. The second-order valence-electron chi connectivity index (χ2n) is 3.70. The average Bonchev–Trinajstić information content (AvgIpc) is 2.31. The minimum Gasteiger partial charge on any atom is -0.478 e. The van der Waals surface area contributed by atoms with E-state index in [1.807, 2.05) is 6.92 Å². The van der Waals surface area contributed by atoms with E-state index in [-0.39, 0.29) is 6.10 Å². The van der Waals surface area contributed by atoms with E-state index >= 15 is 0 Å². The predicted octanol–water partition coefficient (Wildman–Crippen LogP) is 1.01. The Labute approximate surface area is 95.2 Å². The van der Waals surface area contributed by atoms with Gasteiger partial charge in [0.15, 0.2) is 0 Å². The molecule has 0 radical (unpaired) electrons. The maximum Gasteiger partial charge on any atom is 0.319 e. The smallest absolute Gasteiger partial charge is 0.319 e. The van der Waals surface area contributed by atoms with E-state index in [1.165, 1.54) is 0 Å². The highest BCUT2D eigenvalue weighted by Gasteiger charge is 2.15. The molecule has 16 heavy (non-hydrogen) atoms. The normalized spacial score (nSPS) is 20.4. The van der Waals surface area contributed by atoms with Gasteiger partial charge in [-0.3, -0.25) is 0 Å². The summed E-state index contributed by atoms with van der Waals surface area (Å²) in [7, 11) is 0. The second kappa shape index (κ2) is 5.65. The summed E-state index contributed by atoms with van der Waals surface area (Å²) in [6.45, 7) is 4.46. The molecule has 0 bridgehead atoms. The summed E-state index contributed by atoms with van der Waals surface area (Å²) < 4.78 is 11.0. The third-order valence-corrected chi connectivity index (χ3v) is 2.42. The maximum absolute atomic E-state index is 5.68. The molecule has 5 nitrogen and oxygen atoms in total. The highest BCUT2D eigenvalue weighted by atomic mass is 16.5. The summed E-state index contributed by atoms with van der Waals surface area (Å²) in [4.78, 5) is 8.25. The van der Waals surface area contributed by atoms with Gasteiger partial charge in [-0.15, -0.1) is 0 Å². The van der Waals surface area contributed by atoms with Crippen molar-refractivity contribution in [3.8, 4) is 11.9 Å². The lowest BCUT2D eigenvalue weighted by Gasteiger charge is -2.22. The van der Waals surface area contributed by atoms with Crippen molar-refractivity contribution in [1.29, 1.82) is 0 Å². The fourth-order valence-corrected chi connectivity index (χ4v) is 1.68. The van der Waals surface area contributed by atoms with Crippen LogP contribution in [0, 0.1) is 0 Å². The van der Waals surface area contributed by atoms with Crippen LogP contribution in [0.4, 0.5) is 0 Å². The predicted molar refractivity (Wildman–Crippen MR) is 59.7 cm³/mol. The van der Waals surface area contributed by atoms with Crippen LogP contribution in [0.2, 0.25) is 0 Å². The van der Waals surface area contributed by atoms with Crippen LogP contribution in [0.5, 0.6) is 11.9 Å². The molecule has 0 saturated carbocycles. The van der Waals surface area contributed by atoms with Crippen LogP contribution in [0.15, 0.2) is 12.3 Å². The summed E-state index contributed by atoms with van der Waals surface area (Å²) >= 11 is 0. The third-order valence-electron chi connectivity index (χ3n) is 2.42. The number of ether oxygens (including phenoxy) is 2. The fraction of sp³-hybridized carbons (Fsp3) is 0.636. The van der Waals surface area contributed by atoms with Crippen LogP contribution in [0.25, 0.3) is 0 Å². The van der Waals surface area contributed by atoms with Crippen molar-refractivity contribution in [3.05, 3.63) is 12.3 Å². The Morgan fingerprint density at radius 3 is 3.25 bits per heavy atom. The minimum atomic E-state index is 0.172. The van der Waals surface area contributed by atoms with E-state index in [1.54, 1.807) is 12.3 Å². The van der Waals surface area contributed by atoms with Crippen molar-refractivity contribution in [3.63, 3.8) is 0 Å². The van der Waals surface area contributed by atoms with E-state index in [4.69, 9.17) is 9.47 Å². The van der Waals surface area contributed by atoms with Crippen molar-refractivity contribution in [2.24, 2.45) is 0 Å². The zero-order valence-corrected chi connectivity index (χ0v) is 9.48. The summed E-state index contributed by atoms with van der Waals surface area (Å²) in [5.41, 5.74) is 0. The van der Waals surface area contributed by atoms with Crippen LogP contribution in [0.3, 0.4) is 0 Å². The molecule has 0 spiro atoms. The van der Waals surface area contributed by atoms with E-state index in [2.05, 4.69) is 15.3 Å². The number of rotatable bonds is 4. The Morgan fingerprint density at radius 2 is 2.50 bits per heavy atom. The Bertz CT molecular complexity index is 327. The molecule has 88 valence electrons. The summed E-state index contributed by atoms with van der Waals surface area (Å²) in [5.74, 6) is 0.566. The molecule has 0 aromatic carbocycles. The molecular weight excluding hydrogens is 206 g/mol. The Kier molecular flexibility index (Phi) is 3.93. The molecule has 1 fully saturated rings. The lowest BCUT2D eigenvalue weighted by molar-refractivity contribution is 0.151. The number of hydrogen-bond donors (Lipinski definition) is 1. The topological polar surface area (TPSA) is 56.3 Å². The number of piperidine rings is 1. The summed E-state index contributed by atoms with van der Waals surface area (Å²) in [5, 5.41) is 3.28. The van der Waals surface area contributed by atoms with E-state index in [0.29, 0.717) is 18.5 Å². The molecular formula is C11H17N3O2. The summed E-state index contributed by atoms with van der Waals surface area (Å²) in [6.07, 6.45) is 4.01. The van der Waals surface area contributed by atoms with E-state index in [9.17, 15) is 0 Å². The highest BCUT2D eigenvalue weighted by molar-refractivity contribution is 5.11. The quantitative estimate of drug-likeness (QED) is 0.825. The maximum atomic E-state index is 5.68. The molecule has 1 aliphatic rings. The molecule has 0 aliphatic carbocycles. The molecule has 0 amide bonds. The van der Waals surface area contributed by atoms with E-state index in [0.717, 1.165) is 25.9 Å². The van der Waals surface area contributed by atoms with Crippen LogP contribution in [0.1, 0.15) is 19.8 Å². The molecule has 2 rings (SSSR count). The van der Waals surface area contributed by atoms with Gasteiger partial charge in [-0.05, 0) is 26.3 Å². The minimum absolute atomic E-state index is 0.172. The fourth-order valence-electron chi connectivity index (χ4n) is 1.68. The van der Waals surface area contributed by atoms with Gasteiger partial charge >= 0.3 is 6.01 Å². The Morgan fingerprint density at radius 1 is 1.56 bits per heavy atom. The molecule has 1 aliphatic heterocycles. The zero-order chi connectivity index (χ0) is 11.2. The highest BCUT2D eigenvalue weighted by Crippen LogP contribution is 2.14. The first-order valence-electron chi connectivity index (χ1n) is 5.71. The van der Waals surface area contributed by atoms with Gasteiger partial charge in [-0.1, -0.05) is 0 Å². The standard InChI is InChI=1S/C11H17N3O2/c1-2-15-10-5-7-13-11(14-10)16-9-4-3-6-12-8-9/h5,7,9,12H,2-4,6,8H2,1H3. The molecule has 2 heterocycles. The number of aromatic nitrogens is 2. The van der Waals surface area contributed by atoms with E-state index < -0.39 is 0 Å². The van der Waals surface area contributed by atoms with Gasteiger partial charge in [0.25, 0.3) is 0 Å². The first kappa shape index (κ1) is 11.1. The molecule has 5 heteroatoms. The summed E-state index contributed by atoms with van der Waals surface area (Å²) in [6, 6.07) is 2.13. The molecule has 1 aromatic rings. The van der Waals surface area contributed by atoms with Crippen LogP contribution < -0.4 is 14.8 Å². The number of nitrogens with one attached hydrogen (secondary N) is 1. The van der Waals surface area contributed by atoms with Gasteiger partial charge in [0.2, 0.25) is 5.88 Å². The van der Waals surface area contributed by atoms with Crippen LogP contribution in [-0.4, -0.2) is 35.8 Å². The van der Waals surface area contributed by atoms with Gasteiger partial charge in [-0.2, -0.15) is 4.98 Å². The van der Waals surface area contributed by atoms with Gasteiger partial charge in [0.05, 0.1) is 6.61 Å². The lowest BCUT2D eigenvalue weighted by Crippen LogP contribution is -2.37. The van der Waals surface area contributed by atoms with Gasteiger partial charge < -0.3 is 14.8 Å². The first-order chi connectivity index (χ1) is 7.88. The number of hydrogen-bond acceptors (Lipinski definition) is 5. The molecule has 1 saturated heterocycles. The van der Waals surface area contributed by atoms with Crippen LogP contribution >= 0.6 is 0 Å². The lowest BCUT2D eigenvalue weighted by atomic mass is 10.1. The largest absolute Gasteiger partial charge is 0.478 e. The van der Waals surface area contributed by atoms with Crippen molar-refractivity contribution >= 4 is 0 Å².